The molecule has 6 nitrogen and oxygen atoms in total. The number of carbonyl (C=O) groups is 1. The fourth-order valence-electron chi connectivity index (χ4n) is 2.31. The van der Waals surface area contributed by atoms with Gasteiger partial charge < -0.3 is 14.2 Å². The quantitative estimate of drug-likeness (QED) is 0.804. The summed E-state index contributed by atoms with van der Waals surface area (Å²) in [5, 5.41) is 4.15. The molecule has 6 heteroatoms. The number of aromatic nitrogens is 2. The molecule has 2 aromatic rings. The van der Waals surface area contributed by atoms with Crippen LogP contribution in [0.5, 0.6) is 17.2 Å². The fraction of sp³-hybridized carbons (Fsp3) is 0.333. The minimum atomic E-state index is -0.150. The molecule has 3 rings (SSSR count). The minimum Gasteiger partial charge on any atom is -0.493 e. The van der Waals surface area contributed by atoms with Gasteiger partial charge in [-0.25, -0.2) is 0 Å². The average Bonchev–Trinajstić information content (AvgIpc) is 2.96. The number of methoxy groups -OCH3 is 1. The van der Waals surface area contributed by atoms with E-state index in [1.807, 2.05) is 6.92 Å². The second kappa shape index (κ2) is 5.47. The average molecular weight is 288 g/mol. The molecule has 2 heterocycles. The van der Waals surface area contributed by atoms with E-state index < -0.39 is 0 Å². The van der Waals surface area contributed by atoms with Crippen molar-refractivity contribution < 1.29 is 19.0 Å². The molecule has 0 saturated heterocycles. The standard InChI is InChI=1S/C15H16N2O4/c1-3-17-14(13(19-2)9-16-17)15(18)10-4-5-11-12(8-10)21-7-6-20-11/h4-5,8-9H,3,6-7H2,1-2H3. The van der Waals surface area contributed by atoms with Crippen molar-refractivity contribution >= 4 is 5.78 Å². The molecular weight excluding hydrogens is 272 g/mol. The number of fused-ring (bicyclic) bond motifs is 1. The Bertz CT molecular complexity index is 657. The normalized spacial score (nSPS) is 13.0. The highest BCUT2D eigenvalue weighted by atomic mass is 16.6. The van der Waals surface area contributed by atoms with Gasteiger partial charge in [0.25, 0.3) is 0 Å². The van der Waals surface area contributed by atoms with Crippen LogP contribution >= 0.6 is 0 Å². The Morgan fingerprint density at radius 2 is 2.10 bits per heavy atom. The zero-order valence-corrected chi connectivity index (χ0v) is 12.0. The summed E-state index contributed by atoms with van der Waals surface area (Å²) >= 11 is 0. The molecule has 0 unspecified atom stereocenters. The Balaban J connectivity index is 2.00. The highest BCUT2D eigenvalue weighted by molar-refractivity contribution is 6.09. The molecule has 1 aromatic carbocycles. The fourth-order valence-corrected chi connectivity index (χ4v) is 2.31. The number of aryl methyl sites for hydroxylation is 1. The van der Waals surface area contributed by atoms with Gasteiger partial charge in [-0.1, -0.05) is 0 Å². The maximum absolute atomic E-state index is 12.7. The first-order valence-electron chi connectivity index (χ1n) is 6.78. The van der Waals surface area contributed by atoms with Gasteiger partial charge in [-0.2, -0.15) is 5.10 Å². The van der Waals surface area contributed by atoms with Crippen molar-refractivity contribution in [3.8, 4) is 17.2 Å². The zero-order valence-electron chi connectivity index (χ0n) is 12.0. The van der Waals surface area contributed by atoms with Gasteiger partial charge in [0.2, 0.25) is 5.78 Å². The molecule has 0 N–H and O–H groups in total. The number of hydrogen-bond acceptors (Lipinski definition) is 5. The van der Waals surface area contributed by atoms with Crippen LogP contribution in [0.4, 0.5) is 0 Å². The summed E-state index contributed by atoms with van der Waals surface area (Å²) in [6.07, 6.45) is 1.55. The zero-order chi connectivity index (χ0) is 14.8. The van der Waals surface area contributed by atoms with Gasteiger partial charge >= 0.3 is 0 Å². The van der Waals surface area contributed by atoms with Crippen molar-refractivity contribution in [3.63, 3.8) is 0 Å². The van der Waals surface area contributed by atoms with Crippen LogP contribution in [-0.4, -0.2) is 35.9 Å². The molecule has 0 bridgehead atoms. The molecule has 110 valence electrons. The van der Waals surface area contributed by atoms with Gasteiger partial charge in [-0.15, -0.1) is 0 Å². The number of hydrogen-bond donors (Lipinski definition) is 0. The van der Waals surface area contributed by atoms with Gasteiger partial charge in [-0.3, -0.25) is 9.48 Å². The molecule has 1 aromatic heterocycles. The SMILES string of the molecule is CCn1ncc(OC)c1C(=O)c1ccc2c(c1)OCCO2. The molecule has 0 amide bonds. The topological polar surface area (TPSA) is 62.6 Å². The molecule has 1 aliphatic heterocycles. The van der Waals surface area contributed by atoms with Crippen LogP contribution in [0.25, 0.3) is 0 Å². The summed E-state index contributed by atoms with van der Waals surface area (Å²) in [6.45, 7) is 3.53. The third kappa shape index (κ3) is 2.33. The van der Waals surface area contributed by atoms with Crippen LogP contribution in [0.2, 0.25) is 0 Å². The molecule has 0 fully saturated rings. The molecule has 0 radical (unpaired) electrons. The lowest BCUT2D eigenvalue weighted by Crippen LogP contribution is -2.16. The van der Waals surface area contributed by atoms with Gasteiger partial charge in [0, 0.05) is 12.1 Å². The van der Waals surface area contributed by atoms with Crippen LogP contribution in [0.15, 0.2) is 24.4 Å². The Hall–Kier alpha value is -2.50. The summed E-state index contributed by atoms with van der Waals surface area (Å²) in [5.74, 6) is 1.57. The number of rotatable bonds is 4. The molecule has 0 aliphatic carbocycles. The highest BCUT2D eigenvalue weighted by Gasteiger charge is 2.22. The van der Waals surface area contributed by atoms with Crippen molar-refractivity contribution in [2.24, 2.45) is 0 Å². The summed E-state index contributed by atoms with van der Waals surface area (Å²) < 4.78 is 17.8. The monoisotopic (exact) mass is 288 g/mol. The number of ether oxygens (including phenoxy) is 3. The minimum absolute atomic E-state index is 0.150. The van der Waals surface area contributed by atoms with E-state index in [2.05, 4.69) is 5.10 Å². The van der Waals surface area contributed by atoms with E-state index in [1.165, 1.54) is 7.11 Å². The third-order valence-corrected chi connectivity index (χ3v) is 3.34. The van der Waals surface area contributed by atoms with Crippen molar-refractivity contribution in [3.05, 3.63) is 35.7 Å². The van der Waals surface area contributed by atoms with E-state index >= 15 is 0 Å². The van der Waals surface area contributed by atoms with Crippen LogP contribution in [0, 0.1) is 0 Å². The number of carbonyl (C=O) groups excluding carboxylic acids is 1. The maximum atomic E-state index is 12.7. The van der Waals surface area contributed by atoms with Gasteiger partial charge in [0.1, 0.15) is 13.2 Å². The lowest BCUT2D eigenvalue weighted by molar-refractivity contribution is 0.102. The first-order chi connectivity index (χ1) is 10.2. The van der Waals surface area contributed by atoms with Gasteiger partial charge in [0.15, 0.2) is 22.9 Å². The molecular formula is C15H16N2O4. The van der Waals surface area contributed by atoms with Crippen molar-refractivity contribution in [2.75, 3.05) is 20.3 Å². The van der Waals surface area contributed by atoms with Crippen molar-refractivity contribution in [1.82, 2.24) is 9.78 Å². The van der Waals surface area contributed by atoms with Gasteiger partial charge in [-0.05, 0) is 25.1 Å². The summed E-state index contributed by atoms with van der Waals surface area (Å²) in [7, 11) is 1.53. The number of ketones is 1. The Morgan fingerprint density at radius 3 is 2.81 bits per heavy atom. The molecule has 1 aliphatic rings. The van der Waals surface area contributed by atoms with E-state index in [0.29, 0.717) is 48.3 Å². The van der Waals surface area contributed by atoms with E-state index in [-0.39, 0.29) is 5.78 Å². The molecule has 21 heavy (non-hydrogen) atoms. The van der Waals surface area contributed by atoms with E-state index in [1.54, 1.807) is 29.1 Å². The predicted molar refractivity (Wildman–Crippen MR) is 75.3 cm³/mol. The van der Waals surface area contributed by atoms with Crippen LogP contribution in [0.3, 0.4) is 0 Å². The molecule has 0 spiro atoms. The van der Waals surface area contributed by atoms with E-state index in [9.17, 15) is 4.79 Å². The lowest BCUT2D eigenvalue weighted by Gasteiger charge is -2.18. The highest BCUT2D eigenvalue weighted by Crippen LogP contribution is 2.32. The van der Waals surface area contributed by atoms with Crippen LogP contribution in [-0.2, 0) is 6.54 Å². The molecule has 0 saturated carbocycles. The number of nitrogens with zero attached hydrogens (tertiary/aromatic N) is 2. The maximum Gasteiger partial charge on any atom is 0.214 e. The first kappa shape index (κ1) is 13.5. The van der Waals surface area contributed by atoms with Crippen molar-refractivity contribution in [1.29, 1.82) is 0 Å². The first-order valence-corrected chi connectivity index (χ1v) is 6.78. The summed E-state index contributed by atoms with van der Waals surface area (Å²) in [4.78, 5) is 12.7. The Morgan fingerprint density at radius 1 is 1.33 bits per heavy atom. The van der Waals surface area contributed by atoms with Gasteiger partial charge in [0.05, 0.1) is 13.3 Å². The smallest absolute Gasteiger partial charge is 0.214 e. The van der Waals surface area contributed by atoms with Crippen LogP contribution < -0.4 is 14.2 Å². The largest absolute Gasteiger partial charge is 0.493 e. The number of benzene rings is 1. The lowest BCUT2D eigenvalue weighted by atomic mass is 10.1. The molecule has 0 atom stereocenters. The summed E-state index contributed by atoms with van der Waals surface area (Å²) in [6, 6.07) is 5.17. The Labute approximate surface area is 122 Å². The van der Waals surface area contributed by atoms with Crippen LogP contribution in [0.1, 0.15) is 23.0 Å². The van der Waals surface area contributed by atoms with E-state index in [0.717, 1.165) is 0 Å². The summed E-state index contributed by atoms with van der Waals surface area (Å²) in [5.41, 5.74) is 0.962. The second-order valence-electron chi connectivity index (χ2n) is 4.56. The predicted octanol–water partition coefficient (Wildman–Crippen LogP) is 1.91. The van der Waals surface area contributed by atoms with Crippen molar-refractivity contribution in [2.45, 2.75) is 13.5 Å². The second-order valence-corrected chi connectivity index (χ2v) is 4.56. The van der Waals surface area contributed by atoms with E-state index in [4.69, 9.17) is 14.2 Å². The third-order valence-electron chi connectivity index (χ3n) is 3.34. The Kier molecular flexibility index (Phi) is 3.51.